The Morgan fingerprint density at radius 1 is 1.33 bits per heavy atom. The molecule has 0 unspecified atom stereocenters. The van der Waals surface area contributed by atoms with Crippen LogP contribution in [0.2, 0.25) is 0 Å². The fourth-order valence-corrected chi connectivity index (χ4v) is 1.63. The molecule has 9 nitrogen and oxygen atoms in total. The number of sulfonamides is 1. The average Bonchev–Trinajstić information content (AvgIpc) is 2.33. The molecule has 10 heteroatoms. The third-order valence-electron chi connectivity index (χ3n) is 1.92. The molecule has 0 aromatic carbocycles. The number of rotatable bonds is 6. The van der Waals surface area contributed by atoms with Crippen molar-refractivity contribution in [1.29, 1.82) is 0 Å². The Labute approximate surface area is 104 Å². The van der Waals surface area contributed by atoms with E-state index in [1.165, 1.54) is 12.4 Å². The van der Waals surface area contributed by atoms with Gasteiger partial charge in [-0.25, -0.2) is 29.4 Å². The molecular weight excluding hydrogens is 260 g/mol. The van der Waals surface area contributed by atoms with E-state index in [0.29, 0.717) is 5.82 Å². The van der Waals surface area contributed by atoms with Crippen LogP contribution in [0, 0.1) is 0 Å². The molecule has 0 spiro atoms. The minimum Gasteiger partial charge on any atom is -0.351 e. The molecule has 1 aromatic heterocycles. The van der Waals surface area contributed by atoms with Gasteiger partial charge in [-0.1, -0.05) is 0 Å². The second-order valence-electron chi connectivity index (χ2n) is 3.41. The molecule has 6 N–H and O–H groups in total. The number of hydrogen-bond donors (Lipinski definition) is 4. The predicted molar refractivity (Wildman–Crippen MR) is 64.8 cm³/mol. The number of primary sulfonamides is 1. The van der Waals surface area contributed by atoms with E-state index >= 15 is 0 Å². The first-order valence-corrected chi connectivity index (χ1v) is 6.71. The summed E-state index contributed by atoms with van der Waals surface area (Å²) in [7, 11) is -3.50. The number of nitrogens with zero attached hydrogens (tertiary/aromatic N) is 2. The number of carbonyl (C=O) groups excluding carboxylic acids is 1. The molecule has 0 aliphatic rings. The standard InChI is InChI=1S/C8H14N6O3S/c9-14-7-5-12-6(4-13-7)8(15)11-2-1-3-18(10,16)17/h4-5H,1-3,9H2,(H,11,15)(H,13,14)(H2,10,16,17). The molecule has 0 saturated heterocycles. The molecule has 0 aliphatic heterocycles. The molecule has 0 aliphatic carbocycles. The van der Waals surface area contributed by atoms with Crippen LogP contribution in [0.5, 0.6) is 0 Å². The maximum absolute atomic E-state index is 11.5. The maximum atomic E-state index is 11.5. The van der Waals surface area contributed by atoms with Crippen molar-refractivity contribution >= 4 is 21.7 Å². The van der Waals surface area contributed by atoms with Crippen molar-refractivity contribution in [3.8, 4) is 0 Å². The van der Waals surface area contributed by atoms with Crippen LogP contribution in [0.1, 0.15) is 16.9 Å². The minimum absolute atomic E-state index is 0.115. The van der Waals surface area contributed by atoms with Crippen LogP contribution in [-0.2, 0) is 10.0 Å². The number of hydrogen-bond acceptors (Lipinski definition) is 7. The summed E-state index contributed by atoms with van der Waals surface area (Å²) in [5.41, 5.74) is 2.39. The minimum atomic E-state index is -3.50. The molecule has 1 aromatic rings. The van der Waals surface area contributed by atoms with Crippen LogP contribution < -0.4 is 21.7 Å². The number of nitrogen functional groups attached to an aromatic ring is 1. The Kier molecular flexibility index (Phi) is 4.95. The summed E-state index contributed by atoms with van der Waals surface area (Å²) in [6.07, 6.45) is 2.80. The molecule has 0 bridgehead atoms. The van der Waals surface area contributed by atoms with Crippen LogP contribution in [0.3, 0.4) is 0 Å². The summed E-state index contributed by atoms with van der Waals surface area (Å²) >= 11 is 0. The molecule has 18 heavy (non-hydrogen) atoms. The number of hydrazine groups is 1. The van der Waals surface area contributed by atoms with E-state index < -0.39 is 15.9 Å². The molecule has 1 heterocycles. The first-order chi connectivity index (χ1) is 8.42. The van der Waals surface area contributed by atoms with Gasteiger partial charge in [0.2, 0.25) is 10.0 Å². The summed E-state index contributed by atoms with van der Waals surface area (Å²) in [6.45, 7) is 0.188. The van der Waals surface area contributed by atoms with Gasteiger partial charge in [0.25, 0.3) is 5.91 Å². The van der Waals surface area contributed by atoms with Gasteiger partial charge >= 0.3 is 0 Å². The van der Waals surface area contributed by atoms with E-state index in [1.54, 1.807) is 0 Å². The number of nitrogens with one attached hydrogen (secondary N) is 2. The lowest BCUT2D eigenvalue weighted by molar-refractivity contribution is 0.0948. The highest BCUT2D eigenvalue weighted by molar-refractivity contribution is 7.89. The number of carbonyl (C=O) groups is 1. The highest BCUT2D eigenvalue weighted by Gasteiger charge is 2.08. The zero-order valence-electron chi connectivity index (χ0n) is 9.46. The average molecular weight is 274 g/mol. The van der Waals surface area contributed by atoms with Crippen LogP contribution in [0.25, 0.3) is 0 Å². The SMILES string of the molecule is NNc1cnc(C(=O)NCCCS(N)(=O)=O)cn1. The zero-order valence-corrected chi connectivity index (χ0v) is 10.3. The highest BCUT2D eigenvalue weighted by atomic mass is 32.2. The van der Waals surface area contributed by atoms with Crippen LogP contribution >= 0.6 is 0 Å². The Balaban J connectivity index is 2.40. The third kappa shape index (κ3) is 5.03. The quantitative estimate of drug-likeness (QED) is 0.270. The first kappa shape index (κ1) is 14.3. The summed E-state index contributed by atoms with van der Waals surface area (Å²) < 4.78 is 21.3. The summed E-state index contributed by atoms with van der Waals surface area (Å²) in [6, 6.07) is 0. The summed E-state index contributed by atoms with van der Waals surface area (Å²) in [5, 5.41) is 7.31. The van der Waals surface area contributed by atoms with Gasteiger partial charge in [0.1, 0.15) is 5.69 Å². The van der Waals surface area contributed by atoms with Gasteiger partial charge in [-0.15, -0.1) is 0 Å². The van der Waals surface area contributed by atoms with Gasteiger partial charge in [-0.2, -0.15) is 0 Å². The molecule has 0 atom stereocenters. The predicted octanol–water partition coefficient (Wildman–Crippen LogP) is -1.83. The Hall–Kier alpha value is -1.78. The van der Waals surface area contributed by atoms with E-state index in [-0.39, 0.29) is 24.4 Å². The smallest absolute Gasteiger partial charge is 0.271 e. The Morgan fingerprint density at radius 2 is 2.06 bits per heavy atom. The van der Waals surface area contributed by atoms with E-state index in [0.717, 1.165) is 0 Å². The largest absolute Gasteiger partial charge is 0.351 e. The zero-order chi connectivity index (χ0) is 13.6. The van der Waals surface area contributed by atoms with Crippen molar-refractivity contribution in [2.75, 3.05) is 17.7 Å². The van der Waals surface area contributed by atoms with Crippen molar-refractivity contribution < 1.29 is 13.2 Å². The van der Waals surface area contributed by atoms with E-state index in [4.69, 9.17) is 11.0 Å². The van der Waals surface area contributed by atoms with Crippen molar-refractivity contribution in [3.63, 3.8) is 0 Å². The van der Waals surface area contributed by atoms with E-state index in [2.05, 4.69) is 20.7 Å². The van der Waals surface area contributed by atoms with Crippen molar-refractivity contribution in [3.05, 3.63) is 18.1 Å². The monoisotopic (exact) mass is 274 g/mol. The van der Waals surface area contributed by atoms with Crippen molar-refractivity contribution in [1.82, 2.24) is 15.3 Å². The van der Waals surface area contributed by atoms with Gasteiger partial charge in [-0.05, 0) is 6.42 Å². The lowest BCUT2D eigenvalue weighted by Crippen LogP contribution is -2.28. The lowest BCUT2D eigenvalue weighted by Gasteiger charge is -2.04. The summed E-state index contributed by atoms with van der Waals surface area (Å²) in [4.78, 5) is 19.2. The van der Waals surface area contributed by atoms with Gasteiger partial charge in [0.15, 0.2) is 5.82 Å². The number of nitrogens with two attached hydrogens (primary N) is 2. The topological polar surface area (TPSA) is 153 Å². The van der Waals surface area contributed by atoms with Crippen LogP contribution in [0.15, 0.2) is 12.4 Å². The van der Waals surface area contributed by atoms with Crippen molar-refractivity contribution in [2.24, 2.45) is 11.0 Å². The third-order valence-corrected chi connectivity index (χ3v) is 2.78. The number of anilines is 1. The van der Waals surface area contributed by atoms with Gasteiger partial charge in [-0.3, -0.25) is 4.79 Å². The normalized spacial score (nSPS) is 11.0. The van der Waals surface area contributed by atoms with E-state index in [9.17, 15) is 13.2 Å². The Morgan fingerprint density at radius 3 is 2.56 bits per heavy atom. The van der Waals surface area contributed by atoms with Crippen LogP contribution in [-0.4, -0.2) is 36.6 Å². The lowest BCUT2D eigenvalue weighted by atomic mass is 10.4. The van der Waals surface area contributed by atoms with E-state index in [1.807, 2.05) is 0 Å². The Bertz CT molecular complexity index is 500. The second-order valence-corrected chi connectivity index (χ2v) is 5.14. The first-order valence-electron chi connectivity index (χ1n) is 5.00. The molecule has 0 radical (unpaired) electrons. The maximum Gasteiger partial charge on any atom is 0.271 e. The van der Waals surface area contributed by atoms with Gasteiger partial charge in [0.05, 0.1) is 18.1 Å². The molecule has 100 valence electrons. The van der Waals surface area contributed by atoms with Gasteiger partial charge < -0.3 is 10.7 Å². The molecule has 0 fully saturated rings. The molecule has 1 amide bonds. The molecule has 0 saturated carbocycles. The van der Waals surface area contributed by atoms with Crippen LogP contribution in [0.4, 0.5) is 5.82 Å². The van der Waals surface area contributed by atoms with Gasteiger partial charge in [0, 0.05) is 6.54 Å². The fraction of sp³-hybridized carbons (Fsp3) is 0.375. The second kappa shape index (κ2) is 6.23. The summed E-state index contributed by atoms with van der Waals surface area (Å²) in [5.74, 6) is 4.80. The number of amides is 1. The van der Waals surface area contributed by atoms with Crippen molar-refractivity contribution in [2.45, 2.75) is 6.42 Å². The fourth-order valence-electron chi connectivity index (χ4n) is 1.09. The molecular formula is C8H14N6O3S. The number of aromatic nitrogens is 2. The molecule has 1 rings (SSSR count). The highest BCUT2D eigenvalue weighted by Crippen LogP contribution is 1.98.